The molecule has 0 radical (unpaired) electrons. The molecule has 0 spiro atoms. The Morgan fingerprint density at radius 2 is 2.16 bits per heavy atom. The third-order valence-electron chi connectivity index (χ3n) is 3.71. The molecule has 140 valence electrons. The molecular weight excluding hydrogens is 392 g/mol. The second kappa shape index (κ2) is 7.17. The first-order valence-electron chi connectivity index (χ1n) is 7.28. The second-order valence-electron chi connectivity index (χ2n) is 5.61. The molecule has 2 aliphatic heterocycles. The topological polar surface area (TPSA) is 144 Å². The van der Waals surface area contributed by atoms with Crippen LogP contribution < -0.4 is 5.14 Å². The lowest BCUT2D eigenvalue weighted by atomic mass is 9.95. The predicted molar refractivity (Wildman–Crippen MR) is 92.7 cm³/mol. The average molecular weight is 410 g/mol. The molecule has 0 aromatic carbocycles. The molecule has 1 saturated heterocycles. The van der Waals surface area contributed by atoms with Crippen LogP contribution in [0.1, 0.15) is 26.7 Å². The summed E-state index contributed by atoms with van der Waals surface area (Å²) in [5, 5.41) is 14.4. The van der Waals surface area contributed by atoms with E-state index in [2.05, 4.69) is 0 Å². The first kappa shape index (κ1) is 20.1. The van der Waals surface area contributed by atoms with Crippen LogP contribution in [0.2, 0.25) is 0 Å². The van der Waals surface area contributed by atoms with E-state index in [1.165, 1.54) is 18.7 Å². The normalized spacial score (nSPS) is 24.0. The predicted octanol–water partition coefficient (Wildman–Crippen LogP) is 0.279. The Morgan fingerprint density at radius 3 is 2.64 bits per heavy atom. The van der Waals surface area contributed by atoms with Crippen LogP contribution in [-0.2, 0) is 29.1 Å². The number of carboxylic acids is 1. The number of carboxylic acid groups (broad SMARTS) is 1. The summed E-state index contributed by atoms with van der Waals surface area (Å²) in [6.07, 6.45) is -0.380. The quantitative estimate of drug-likeness (QED) is 0.327. The van der Waals surface area contributed by atoms with E-state index in [0.717, 1.165) is 16.7 Å². The van der Waals surface area contributed by atoms with Gasteiger partial charge < -0.3 is 9.84 Å². The highest BCUT2D eigenvalue weighted by Gasteiger charge is 2.64. The van der Waals surface area contributed by atoms with Gasteiger partial charge in [0.25, 0.3) is 0 Å². The summed E-state index contributed by atoms with van der Waals surface area (Å²) in [5.41, 5.74) is -0.152. The van der Waals surface area contributed by atoms with Crippen molar-refractivity contribution >= 4 is 51.4 Å². The van der Waals surface area contributed by atoms with Crippen LogP contribution in [0.25, 0.3) is 0 Å². The first-order chi connectivity index (χ1) is 11.5. The Morgan fingerprint density at radius 1 is 1.52 bits per heavy atom. The van der Waals surface area contributed by atoms with Crippen molar-refractivity contribution in [2.45, 2.75) is 37.7 Å². The van der Waals surface area contributed by atoms with E-state index in [1.54, 1.807) is 6.92 Å². The minimum absolute atomic E-state index is 0.0597. The standard InChI is InChI=1S/C13H18N2O7S3/c1-7(22-8(2)16)13-6-9(17)15(13)10(11(18)19)12(24-13)23-4-3-5-25(14,20)21/h7H,3-6H2,1-2H3,(H,18,19)(H2,14,20,21)/t7-,13+/m1/s1. The van der Waals surface area contributed by atoms with Crippen LogP contribution in [-0.4, -0.2) is 58.8 Å². The lowest BCUT2D eigenvalue weighted by Gasteiger charge is -2.49. The van der Waals surface area contributed by atoms with Crippen LogP contribution >= 0.6 is 23.5 Å². The van der Waals surface area contributed by atoms with Gasteiger partial charge in [-0.1, -0.05) is 11.8 Å². The van der Waals surface area contributed by atoms with Gasteiger partial charge in [0.05, 0.1) is 16.4 Å². The van der Waals surface area contributed by atoms with E-state index in [-0.39, 0.29) is 30.2 Å². The zero-order chi connectivity index (χ0) is 19.0. The SMILES string of the molecule is CC(=O)O[C@H](C)[C@@]12CC(=O)N1C(C(=O)O)=C(SCCCS(N)(=O)=O)S2. The fourth-order valence-corrected chi connectivity index (χ4v) is 6.37. The molecule has 0 unspecified atom stereocenters. The molecule has 0 bridgehead atoms. The van der Waals surface area contributed by atoms with Gasteiger partial charge in [0, 0.05) is 6.92 Å². The van der Waals surface area contributed by atoms with E-state index in [0.29, 0.717) is 9.99 Å². The maximum absolute atomic E-state index is 12.0. The Hall–Kier alpha value is -1.24. The first-order valence-corrected chi connectivity index (χ1v) is 10.8. The Labute approximate surface area is 153 Å². The molecule has 2 heterocycles. The number of esters is 1. The monoisotopic (exact) mass is 410 g/mol. The summed E-state index contributed by atoms with van der Waals surface area (Å²) >= 11 is 2.32. The van der Waals surface area contributed by atoms with Gasteiger partial charge in [-0.2, -0.15) is 0 Å². The van der Waals surface area contributed by atoms with E-state index < -0.39 is 32.9 Å². The van der Waals surface area contributed by atoms with Crippen molar-refractivity contribution < 1.29 is 32.6 Å². The lowest BCUT2D eigenvalue weighted by molar-refractivity contribution is -0.165. The van der Waals surface area contributed by atoms with Crippen molar-refractivity contribution in [1.82, 2.24) is 4.90 Å². The number of ether oxygens (including phenoxy) is 1. The van der Waals surface area contributed by atoms with Crippen molar-refractivity contribution in [2.75, 3.05) is 11.5 Å². The molecule has 2 aliphatic rings. The van der Waals surface area contributed by atoms with Gasteiger partial charge in [-0.05, 0) is 19.1 Å². The molecule has 2 rings (SSSR count). The van der Waals surface area contributed by atoms with Crippen molar-refractivity contribution in [3.8, 4) is 0 Å². The summed E-state index contributed by atoms with van der Waals surface area (Å²) in [7, 11) is -3.58. The van der Waals surface area contributed by atoms with Crippen molar-refractivity contribution in [1.29, 1.82) is 0 Å². The third-order valence-corrected chi connectivity index (χ3v) is 7.51. The fraction of sp³-hybridized carbons (Fsp3) is 0.615. The summed E-state index contributed by atoms with van der Waals surface area (Å²) in [6, 6.07) is 0. The van der Waals surface area contributed by atoms with E-state index in [1.807, 2.05) is 0 Å². The van der Waals surface area contributed by atoms with Gasteiger partial charge in [0.2, 0.25) is 15.9 Å². The molecule has 0 saturated carbocycles. The Bertz CT molecular complexity index is 749. The van der Waals surface area contributed by atoms with Crippen molar-refractivity contribution in [2.24, 2.45) is 5.14 Å². The van der Waals surface area contributed by atoms with E-state index in [4.69, 9.17) is 9.88 Å². The number of nitrogens with two attached hydrogens (primary N) is 1. The Kier molecular flexibility index (Phi) is 5.76. The zero-order valence-corrected chi connectivity index (χ0v) is 16.0. The largest absolute Gasteiger partial charge is 0.477 e. The number of fused-ring (bicyclic) bond motifs is 1. The third kappa shape index (κ3) is 4.13. The summed E-state index contributed by atoms with van der Waals surface area (Å²) in [5.74, 6) is -2.02. The summed E-state index contributed by atoms with van der Waals surface area (Å²) in [4.78, 5) is 35.1. The summed E-state index contributed by atoms with van der Waals surface area (Å²) < 4.78 is 27.5. The van der Waals surface area contributed by atoms with Crippen LogP contribution in [0.5, 0.6) is 0 Å². The molecule has 12 heteroatoms. The van der Waals surface area contributed by atoms with Gasteiger partial charge in [-0.3, -0.25) is 14.5 Å². The second-order valence-corrected chi connectivity index (χ2v) is 10.0. The lowest BCUT2D eigenvalue weighted by Crippen LogP contribution is -2.65. The molecule has 25 heavy (non-hydrogen) atoms. The molecule has 0 aromatic heterocycles. The minimum Gasteiger partial charge on any atom is -0.477 e. The number of hydrogen-bond donors (Lipinski definition) is 2. The molecule has 1 fully saturated rings. The van der Waals surface area contributed by atoms with Crippen LogP contribution in [0.3, 0.4) is 0 Å². The molecule has 1 amide bonds. The van der Waals surface area contributed by atoms with Gasteiger partial charge in [0.15, 0.2) is 5.70 Å². The number of hydrogen-bond acceptors (Lipinski definition) is 8. The number of aliphatic carboxylic acids is 1. The number of carbonyl (C=O) groups is 3. The number of carbonyl (C=O) groups excluding carboxylic acids is 2. The maximum atomic E-state index is 12.0. The molecular formula is C13H18N2O7S3. The van der Waals surface area contributed by atoms with E-state index >= 15 is 0 Å². The maximum Gasteiger partial charge on any atom is 0.354 e. The number of rotatable bonds is 8. The van der Waals surface area contributed by atoms with Crippen LogP contribution in [0, 0.1) is 0 Å². The average Bonchev–Trinajstić information content (AvgIpc) is 2.71. The smallest absolute Gasteiger partial charge is 0.354 e. The zero-order valence-electron chi connectivity index (χ0n) is 13.6. The minimum atomic E-state index is -3.58. The van der Waals surface area contributed by atoms with E-state index in [9.17, 15) is 27.9 Å². The van der Waals surface area contributed by atoms with Gasteiger partial charge in [-0.15, -0.1) is 11.8 Å². The highest BCUT2D eigenvalue weighted by molar-refractivity contribution is 8.23. The number of sulfonamides is 1. The van der Waals surface area contributed by atoms with Gasteiger partial charge in [0.1, 0.15) is 11.0 Å². The number of β-lactam (4-membered cyclic amide) rings is 1. The molecule has 9 nitrogen and oxygen atoms in total. The highest BCUT2D eigenvalue weighted by Crippen LogP contribution is 2.60. The van der Waals surface area contributed by atoms with Gasteiger partial charge in [-0.25, -0.2) is 18.4 Å². The van der Waals surface area contributed by atoms with Crippen LogP contribution in [0.15, 0.2) is 9.93 Å². The molecule has 3 N–H and O–H groups in total. The molecule has 2 atom stereocenters. The number of thioether (sulfide) groups is 2. The van der Waals surface area contributed by atoms with Crippen molar-refractivity contribution in [3.05, 3.63) is 9.93 Å². The van der Waals surface area contributed by atoms with Gasteiger partial charge >= 0.3 is 11.9 Å². The number of nitrogens with zero attached hydrogens (tertiary/aromatic N) is 1. The summed E-state index contributed by atoms with van der Waals surface area (Å²) in [6.45, 7) is 2.86. The number of primary sulfonamides is 1. The molecule has 0 aliphatic carbocycles. The van der Waals surface area contributed by atoms with Crippen molar-refractivity contribution in [3.63, 3.8) is 0 Å². The fourth-order valence-electron chi connectivity index (χ4n) is 2.65. The number of amides is 1. The van der Waals surface area contributed by atoms with Crippen LogP contribution in [0.4, 0.5) is 0 Å². The Balaban J connectivity index is 2.17. The highest BCUT2D eigenvalue weighted by atomic mass is 32.2. The molecule has 0 aromatic rings.